The van der Waals surface area contributed by atoms with E-state index in [0.29, 0.717) is 13.1 Å². The van der Waals surface area contributed by atoms with Gasteiger partial charge in [-0.25, -0.2) is 0 Å². The summed E-state index contributed by atoms with van der Waals surface area (Å²) >= 11 is 3.25. The van der Waals surface area contributed by atoms with Gasteiger partial charge in [-0.05, 0) is 28.9 Å². The highest BCUT2D eigenvalue weighted by atomic mass is 79.9. The molecule has 0 aromatic carbocycles. The van der Waals surface area contributed by atoms with Crippen molar-refractivity contribution in [2.45, 2.75) is 19.5 Å². The number of hydrogen-bond acceptors (Lipinski definition) is 3. The van der Waals surface area contributed by atoms with Crippen molar-refractivity contribution in [3.8, 4) is 0 Å². The SMILES string of the molecule is CC1C(=O)NCCN1C(=O)Cn1cc(Br)ccc1=O. The summed E-state index contributed by atoms with van der Waals surface area (Å²) in [6, 6.07) is 2.52. The van der Waals surface area contributed by atoms with Gasteiger partial charge in [0, 0.05) is 29.8 Å². The molecule has 7 heteroatoms. The maximum Gasteiger partial charge on any atom is 0.251 e. The first-order valence-electron chi connectivity index (χ1n) is 5.92. The molecule has 1 aliphatic heterocycles. The van der Waals surface area contributed by atoms with Crippen LogP contribution in [0.4, 0.5) is 0 Å². The van der Waals surface area contributed by atoms with E-state index in [1.54, 1.807) is 19.2 Å². The minimum absolute atomic E-state index is 0.0596. The van der Waals surface area contributed by atoms with Gasteiger partial charge in [0.1, 0.15) is 12.6 Å². The molecule has 0 radical (unpaired) electrons. The van der Waals surface area contributed by atoms with Gasteiger partial charge in [0.25, 0.3) is 5.56 Å². The number of rotatable bonds is 2. The highest BCUT2D eigenvalue weighted by Gasteiger charge is 2.29. The molecule has 1 unspecified atom stereocenters. The number of pyridine rings is 1. The average Bonchev–Trinajstić information content (AvgIpc) is 2.37. The zero-order valence-corrected chi connectivity index (χ0v) is 12.0. The molecule has 2 rings (SSSR count). The fourth-order valence-electron chi connectivity index (χ4n) is 1.99. The van der Waals surface area contributed by atoms with Crippen molar-refractivity contribution in [3.63, 3.8) is 0 Å². The summed E-state index contributed by atoms with van der Waals surface area (Å²) in [5, 5.41) is 2.69. The predicted octanol–water partition coefficient (Wildman–Crippen LogP) is -0.0423. The van der Waals surface area contributed by atoms with Crippen LogP contribution in [0.15, 0.2) is 27.6 Å². The molecule has 0 saturated carbocycles. The topological polar surface area (TPSA) is 71.4 Å². The van der Waals surface area contributed by atoms with Crippen molar-refractivity contribution >= 4 is 27.7 Å². The minimum Gasteiger partial charge on any atom is -0.353 e. The number of amides is 2. The van der Waals surface area contributed by atoms with Crippen LogP contribution in [0.25, 0.3) is 0 Å². The number of piperazine rings is 1. The monoisotopic (exact) mass is 327 g/mol. The molecule has 102 valence electrons. The maximum absolute atomic E-state index is 12.2. The molecular formula is C12H14BrN3O3. The third-order valence-corrected chi connectivity index (χ3v) is 3.54. The summed E-state index contributed by atoms with van der Waals surface area (Å²) in [4.78, 5) is 36.8. The highest BCUT2D eigenvalue weighted by molar-refractivity contribution is 9.10. The molecule has 1 aromatic rings. The van der Waals surface area contributed by atoms with E-state index in [4.69, 9.17) is 0 Å². The fourth-order valence-corrected chi connectivity index (χ4v) is 2.36. The van der Waals surface area contributed by atoms with Gasteiger partial charge < -0.3 is 14.8 Å². The Balaban J connectivity index is 2.14. The van der Waals surface area contributed by atoms with E-state index < -0.39 is 6.04 Å². The number of halogens is 1. The molecule has 0 spiro atoms. The van der Waals surface area contributed by atoms with Gasteiger partial charge in [-0.3, -0.25) is 14.4 Å². The number of hydrogen-bond donors (Lipinski definition) is 1. The van der Waals surface area contributed by atoms with Crippen molar-refractivity contribution in [2.24, 2.45) is 0 Å². The first-order valence-corrected chi connectivity index (χ1v) is 6.71. The molecule has 1 atom stereocenters. The second-order valence-corrected chi connectivity index (χ2v) is 5.28. The Morgan fingerprint density at radius 3 is 2.95 bits per heavy atom. The number of carbonyl (C=O) groups excluding carboxylic acids is 2. The van der Waals surface area contributed by atoms with E-state index in [1.807, 2.05) is 0 Å². The van der Waals surface area contributed by atoms with Gasteiger partial charge in [-0.15, -0.1) is 0 Å². The van der Waals surface area contributed by atoms with Crippen LogP contribution in [0.5, 0.6) is 0 Å². The molecule has 0 aliphatic carbocycles. The second-order valence-electron chi connectivity index (χ2n) is 4.37. The average molecular weight is 328 g/mol. The Morgan fingerprint density at radius 2 is 2.21 bits per heavy atom. The lowest BCUT2D eigenvalue weighted by Gasteiger charge is -2.32. The van der Waals surface area contributed by atoms with Crippen molar-refractivity contribution in [1.82, 2.24) is 14.8 Å². The zero-order chi connectivity index (χ0) is 14.0. The Bertz CT molecular complexity index is 570. The highest BCUT2D eigenvalue weighted by Crippen LogP contribution is 2.08. The third kappa shape index (κ3) is 3.04. The van der Waals surface area contributed by atoms with Gasteiger partial charge in [-0.1, -0.05) is 0 Å². The van der Waals surface area contributed by atoms with Crippen LogP contribution in [0.1, 0.15) is 6.92 Å². The van der Waals surface area contributed by atoms with E-state index in [0.717, 1.165) is 4.47 Å². The summed E-state index contributed by atoms with van der Waals surface area (Å²) in [6.45, 7) is 2.53. The van der Waals surface area contributed by atoms with Crippen LogP contribution in [-0.4, -0.2) is 40.4 Å². The van der Waals surface area contributed by atoms with Crippen LogP contribution < -0.4 is 10.9 Å². The summed E-state index contributed by atoms with van der Waals surface area (Å²) < 4.78 is 2.05. The van der Waals surface area contributed by atoms with Crippen LogP contribution in [0.3, 0.4) is 0 Å². The second kappa shape index (κ2) is 5.56. The Labute approximate surface area is 118 Å². The largest absolute Gasteiger partial charge is 0.353 e. The lowest BCUT2D eigenvalue weighted by atomic mass is 10.2. The zero-order valence-electron chi connectivity index (χ0n) is 10.4. The first-order chi connectivity index (χ1) is 8.99. The van der Waals surface area contributed by atoms with Crippen molar-refractivity contribution in [1.29, 1.82) is 0 Å². The Morgan fingerprint density at radius 1 is 1.47 bits per heavy atom. The third-order valence-electron chi connectivity index (χ3n) is 3.07. The molecular weight excluding hydrogens is 314 g/mol. The molecule has 6 nitrogen and oxygen atoms in total. The van der Waals surface area contributed by atoms with E-state index in [2.05, 4.69) is 21.2 Å². The summed E-state index contributed by atoms with van der Waals surface area (Å²) in [5.74, 6) is -0.399. The molecule has 2 amide bonds. The van der Waals surface area contributed by atoms with Gasteiger partial charge >= 0.3 is 0 Å². The summed E-state index contributed by atoms with van der Waals surface area (Å²) in [6.07, 6.45) is 1.56. The van der Waals surface area contributed by atoms with E-state index in [1.165, 1.54) is 15.5 Å². The normalized spacial score (nSPS) is 19.2. The number of aromatic nitrogens is 1. The van der Waals surface area contributed by atoms with E-state index in [9.17, 15) is 14.4 Å². The molecule has 1 fully saturated rings. The van der Waals surface area contributed by atoms with Crippen LogP contribution in [0, 0.1) is 0 Å². The van der Waals surface area contributed by atoms with Crippen molar-refractivity contribution in [3.05, 3.63) is 33.2 Å². The fraction of sp³-hybridized carbons (Fsp3) is 0.417. The van der Waals surface area contributed by atoms with Gasteiger partial charge in [0.15, 0.2) is 0 Å². The molecule has 19 heavy (non-hydrogen) atoms. The number of nitrogens with one attached hydrogen (secondary N) is 1. The maximum atomic E-state index is 12.2. The lowest BCUT2D eigenvalue weighted by molar-refractivity contribution is -0.142. The molecule has 1 N–H and O–H groups in total. The predicted molar refractivity (Wildman–Crippen MR) is 72.6 cm³/mol. The smallest absolute Gasteiger partial charge is 0.251 e. The molecule has 1 aromatic heterocycles. The summed E-state index contributed by atoms with van der Waals surface area (Å²) in [7, 11) is 0. The van der Waals surface area contributed by atoms with Crippen molar-refractivity contribution < 1.29 is 9.59 Å². The number of nitrogens with zero attached hydrogens (tertiary/aromatic N) is 2. The van der Waals surface area contributed by atoms with Crippen LogP contribution in [0.2, 0.25) is 0 Å². The quantitative estimate of drug-likeness (QED) is 0.828. The Kier molecular flexibility index (Phi) is 4.04. The molecule has 2 heterocycles. The van der Waals surface area contributed by atoms with Gasteiger partial charge in [0.2, 0.25) is 11.8 Å². The Hall–Kier alpha value is -1.63. The van der Waals surface area contributed by atoms with E-state index >= 15 is 0 Å². The first kappa shape index (κ1) is 13.8. The van der Waals surface area contributed by atoms with Gasteiger partial charge in [-0.2, -0.15) is 0 Å². The molecule has 0 bridgehead atoms. The van der Waals surface area contributed by atoms with Crippen LogP contribution >= 0.6 is 15.9 Å². The van der Waals surface area contributed by atoms with Gasteiger partial charge in [0.05, 0.1) is 0 Å². The lowest BCUT2D eigenvalue weighted by Crippen LogP contribution is -2.56. The summed E-state index contributed by atoms with van der Waals surface area (Å²) in [5.41, 5.74) is -0.245. The number of carbonyl (C=O) groups is 2. The van der Waals surface area contributed by atoms with Crippen LogP contribution in [-0.2, 0) is 16.1 Å². The minimum atomic E-state index is -0.496. The van der Waals surface area contributed by atoms with Crippen molar-refractivity contribution in [2.75, 3.05) is 13.1 Å². The van der Waals surface area contributed by atoms with E-state index in [-0.39, 0.29) is 23.9 Å². The standard InChI is InChI=1S/C12H14BrN3O3/c1-8-12(19)14-4-5-16(8)11(18)7-15-6-9(13)2-3-10(15)17/h2-3,6,8H,4-5,7H2,1H3,(H,14,19). The molecule has 1 aliphatic rings. The molecule has 1 saturated heterocycles.